The van der Waals surface area contributed by atoms with Gasteiger partial charge >= 0.3 is 0 Å². The van der Waals surface area contributed by atoms with Crippen molar-refractivity contribution < 1.29 is 13.9 Å². The number of nitrogens with zero attached hydrogens (tertiary/aromatic N) is 1. The van der Waals surface area contributed by atoms with Gasteiger partial charge in [0.05, 0.1) is 6.26 Å². The number of amides is 1. The SMILES string of the molecule is Cc1ccc2c(c1)CCCN2C(=O)c1occc1COc1ccccc1. The molecule has 0 atom stereocenters. The lowest BCUT2D eigenvalue weighted by Crippen LogP contribution is -2.35. The Morgan fingerprint density at radius 3 is 2.85 bits per heavy atom. The number of fused-ring (bicyclic) bond motifs is 1. The summed E-state index contributed by atoms with van der Waals surface area (Å²) in [5.74, 6) is 1.02. The molecule has 0 saturated carbocycles. The van der Waals surface area contributed by atoms with Crippen LogP contribution in [0.5, 0.6) is 5.75 Å². The molecule has 26 heavy (non-hydrogen) atoms. The Bertz CT molecular complexity index is 914. The summed E-state index contributed by atoms with van der Waals surface area (Å²) in [5, 5.41) is 0. The molecule has 2 heterocycles. The number of carbonyl (C=O) groups is 1. The van der Waals surface area contributed by atoms with E-state index in [1.807, 2.05) is 47.4 Å². The van der Waals surface area contributed by atoms with E-state index in [4.69, 9.17) is 9.15 Å². The molecule has 0 radical (unpaired) electrons. The Kier molecular flexibility index (Phi) is 4.48. The third-order valence-electron chi connectivity index (χ3n) is 4.68. The lowest BCUT2D eigenvalue weighted by molar-refractivity contribution is 0.0955. The van der Waals surface area contributed by atoms with E-state index in [-0.39, 0.29) is 5.91 Å². The number of hydrogen-bond donors (Lipinski definition) is 0. The fourth-order valence-corrected chi connectivity index (χ4v) is 3.37. The van der Waals surface area contributed by atoms with E-state index in [1.165, 1.54) is 11.1 Å². The van der Waals surface area contributed by atoms with Gasteiger partial charge in [0, 0.05) is 17.8 Å². The molecule has 3 aromatic rings. The van der Waals surface area contributed by atoms with Crippen LogP contribution in [-0.2, 0) is 13.0 Å². The molecule has 0 N–H and O–H groups in total. The number of ether oxygens (including phenoxy) is 1. The second kappa shape index (κ2) is 7.08. The number of hydrogen-bond acceptors (Lipinski definition) is 3. The van der Waals surface area contributed by atoms with Gasteiger partial charge in [-0.2, -0.15) is 0 Å². The Hall–Kier alpha value is -3.01. The standard InChI is InChI=1S/C22H21NO3/c1-16-9-10-20-17(14-16)6-5-12-23(20)22(24)21-18(11-13-25-21)15-26-19-7-3-2-4-8-19/h2-4,7-11,13-14H,5-6,12,15H2,1H3. The lowest BCUT2D eigenvalue weighted by Gasteiger charge is -2.29. The summed E-state index contributed by atoms with van der Waals surface area (Å²) in [7, 11) is 0. The fraction of sp³-hybridized carbons (Fsp3) is 0.227. The van der Waals surface area contributed by atoms with Crippen molar-refractivity contribution in [1.82, 2.24) is 0 Å². The second-order valence-electron chi connectivity index (χ2n) is 6.57. The molecule has 4 nitrogen and oxygen atoms in total. The summed E-state index contributed by atoms with van der Waals surface area (Å²) in [5.41, 5.74) is 4.18. The third kappa shape index (κ3) is 3.23. The maximum absolute atomic E-state index is 13.1. The van der Waals surface area contributed by atoms with Crippen LogP contribution in [0, 0.1) is 6.92 Å². The van der Waals surface area contributed by atoms with Crippen molar-refractivity contribution in [1.29, 1.82) is 0 Å². The van der Waals surface area contributed by atoms with Gasteiger partial charge in [0.1, 0.15) is 12.4 Å². The van der Waals surface area contributed by atoms with E-state index in [1.54, 1.807) is 12.3 Å². The Labute approximate surface area is 153 Å². The first kappa shape index (κ1) is 16.5. The Morgan fingerprint density at radius 1 is 1.15 bits per heavy atom. The van der Waals surface area contributed by atoms with Crippen LogP contribution in [0.1, 0.15) is 33.7 Å². The van der Waals surface area contributed by atoms with Crippen LogP contribution in [0.4, 0.5) is 5.69 Å². The number of carbonyl (C=O) groups excluding carboxylic acids is 1. The van der Waals surface area contributed by atoms with E-state index in [0.717, 1.165) is 29.8 Å². The van der Waals surface area contributed by atoms with Gasteiger partial charge in [-0.15, -0.1) is 0 Å². The van der Waals surface area contributed by atoms with E-state index in [0.29, 0.717) is 18.9 Å². The molecule has 1 aliphatic heterocycles. The quantitative estimate of drug-likeness (QED) is 0.683. The lowest BCUT2D eigenvalue weighted by atomic mass is 9.99. The van der Waals surface area contributed by atoms with Crippen molar-refractivity contribution in [3.05, 3.63) is 83.3 Å². The highest BCUT2D eigenvalue weighted by molar-refractivity contribution is 6.05. The molecule has 1 amide bonds. The summed E-state index contributed by atoms with van der Waals surface area (Å²) in [6.45, 7) is 3.08. The van der Waals surface area contributed by atoms with Gasteiger partial charge < -0.3 is 14.1 Å². The van der Waals surface area contributed by atoms with Crippen LogP contribution in [0.2, 0.25) is 0 Å². The maximum Gasteiger partial charge on any atom is 0.294 e. The minimum atomic E-state index is -0.105. The average Bonchev–Trinajstić information content (AvgIpc) is 3.14. The smallest absolute Gasteiger partial charge is 0.294 e. The van der Waals surface area contributed by atoms with Crippen LogP contribution < -0.4 is 9.64 Å². The van der Waals surface area contributed by atoms with E-state index in [2.05, 4.69) is 13.0 Å². The predicted molar refractivity (Wildman–Crippen MR) is 101 cm³/mol. The molecular formula is C22H21NO3. The summed E-state index contributed by atoms with van der Waals surface area (Å²) >= 11 is 0. The highest BCUT2D eigenvalue weighted by Gasteiger charge is 2.27. The largest absolute Gasteiger partial charge is 0.489 e. The van der Waals surface area contributed by atoms with Gasteiger partial charge in [-0.1, -0.05) is 35.9 Å². The van der Waals surface area contributed by atoms with Crippen LogP contribution in [0.15, 0.2) is 65.3 Å². The molecule has 4 heteroatoms. The zero-order chi connectivity index (χ0) is 17.9. The molecule has 0 bridgehead atoms. The van der Waals surface area contributed by atoms with Gasteiger partial charge in [-0.05, 0) is 49.6 Å². The predicted octanol–water partition coefficient (Wildman–Crippen LogP) is 4.76. The van der Waals surface area contributed by atoms with Crippen LogP contribution in [-0.4, -0.2) is 12.5 Å². The van der Waals surface area contributed by atoms with E-state index >= 15 is 0 Å². The minimum absolute atomic E-state index is 0.105. The van der Waals surface area contributed by atoms with Gasteiger partial charge in [0.2, 0.25) is 0 Å². The highest BCUT2D eigenvalue weighted by Crippen LogP contribution is 2.30. The highest BCUT2D eigenvalue weighted by atomic mass is 16.5. The molecule has 0 spiro atoms. The number of anilines is 1. The molecule has 0 fully saturated rings. The molecule has 1 aromatic heterocycles. The molecule has 0 aliphatic carbocycles. The number of rotatable bonds is 4. The van der Waals surface area contributed by atoms with Gasteiger partial charge in [-0.3, -0.25) is 4.79 Å². The molecule has 132 valence electrons. The summed E-state index contributed by atoms with van der Waals surface area (Å²) in [4.78, 5) is 14.9. The second-order valence-corrected chi connectivity index (χ2v) is 6.57. The van der Waals surface area contributed by atoms with Crippen molar-refractivity contribution in [2.45, 2.75) is 26.4 Å². The number of furan rings is 1. The fourth-order valence-electron chi connectivity index (χ4n) is 3.37. The first-order chi connectivity index (χ1) is 12.7. The maximum atomic E-state index is 13.1. The van der Waals surface area contributed by atoms with Gasteiger partial charge in [0.15, 0.2) is 5.76 Å². The summed E-state index contributed by atoms with van der Waals surface area (Å²) < 4.78 is 11.3. The van der Waals surface area contributed by atoms with Gasteiger partial charge in [0.25, 0.3) is 5.91 Å². The van der Waals surface area contributed by atoms with E-state index in [9.17, 15) is 4.79 Å². The van der Waals surface area contributed by atoms with Crippen molar-refractivity contribution in [2.75, 3.05) is 11.4 Å². The monoisotopic (exact) mass is 347 g/mol. The van der Waals surface area contributed by atoms with Crippen LogP contribution >= 0.6 is 0 Å². The molecule has 2 aromatic carbocycles. The molecule has 0 saturated heterocycles. The molecular weight excluding hydrogens is 326 g/mol. The first-order valence-corrected chi connectivity index (χ1v) is 8.88. The first-order valence-electron chi connectivity index (χ1n) is 8.88. The molecule has 0 unspecified atom stereocenters. The normalized spacial score (nSPS) is 13.3. The van der Waals surface area contributed by atoms with Crippen molar-refractivity contribution in [3.8, 4) is 5.75 Å². The van der Waals surface area contributed by atoms with Crippen LogP contribution in [0.3, 0.4) is 0 Å². The summed E-state index contributed by atoms with van der Waals surface area (Å²) in [6, 6.07) is 17.6. The van der Waals surface area contributed by atoms with Crippen molar-refractivity contribution in [2.24, 2.45) is 0 Å². The molecule has 1 aliphatic rings. The molecule has 4 rings (SSSR count). The Morgan fingerprint density at radius 2 is 2.00 bits per heavy atom. The average molecular weight is 347 g/mol. The minimum Gasteiger partial charge on any atom is -0.489 e. The van der Waals surface area contributed by atoms with Crippen molar-refractivity contribution in [3.63, 3.8) is 0 Å². The zero-order valence-corrected chi connectivity index (χ0v) is 14.8. The number of aryl methyl sites for hydroxylation is 2. The number of benzene rings is 2. The van der Waals surface area contributed by atoms with E-state index < -0.39 is 0 Å². The summed E-state index contributed by atoms with van der Waals surface area (Å²) in [6.07, 6.45) is 3.51. The zero-order valence-electron chi connectivity index (χ0n) is 14.8. The van der Waals surface area contributed by atoms with Crippen LogP contribution in [0.25, 0.3) is 0 Å². The van der Waals surface area contributed by atoms with Crippen molar-refractivity contribution >= 4 is 11.6 Å². The topological polar surface area (TPSA) is 42.7 Å². The Balaban J connectivity index is 1.56. The third-order valence-corrected chi connectivity index (χ3v) is 4.68. The van der Waals surface area contributed by atoms with Gasteiger partial charge in [-0.25, -0.2) is 0 Å². The number of para-hydroxylation sites is 1.